The Morgan fingerprint density at radius 1 is 0.911 bits per heavy atom. The van der Waals surface area contributed by atoms with Crippen molar-refractivity contribution in [2.45, 2.75) is 173 Å². The first-order chi connectivity index (χ1) is 26.5. The average molecular weight is 794 g/mol. The van der Waals surface area contributed by atoms with Crippen LogP contribution < -0.4 is 0 Å². The molecule has 0 amide bonds. The molecule has 3 fully saturated rings. The first-order valence-electron chi connectivity index (χ1n) is 20.9. The Morgan fingerprint density at radius 2 is 1.57 bits per heavy atom. The number of nitrogens with zero attached hydrogens (tertiary/aromatic N) is 1. The van der Waals surface area contributed by atoms with Gasteiger partial charge in [0.2, 0.25) is 11.6 Å². The maximum absolute atomic E-state index is 14.3. The summed E-state index contributed by atoms with van der Waals surface area (Å²) in [5.74, 6) is -5.97. The van der Waals surface area contributed by atoms with Gasteiger partial charge in [-0.05, 0) is 89.0 Å². The van der Waals surface area contributed by atoms with Gasteiger partial charge in [-0.1, -0.05) is 51.8 Å². The van der Waals surface area contributed by atoms with E-state index in [9.17, 15) is 34.8 Å². The number of methoxy groups -OCH3 is 3. The zero-order valence-electron chi connectivity index (χ0n) is 35.2. The number of hydrogen-bond donors (Lipinski definition) is 4. The highest BCUT2D eigenvalue weighted by Gasteiger charge is 2.56. The molecule has 56 heavy (non-hydrogen) atoms. The SMILES string of the molecule is CC[C@@H]1/C=C(\C)C[C@H](C)C[C@H](OC)[C@H]2O[C@@](O)(C(=O)[C@H](O)N3CCCC[C@H]3C(=O)O[C@H](/C(C)=C/C3CC[C@@H](O)[C@H](OC)C3)[C@@H](C)[C@@H](O)CC1=O)[C@H](C)C[C@@H]2OC. The number of hydrogen-bond acceptors (Lipinski definition) is 13. The molecule has 4 aliphatic rings. The lowest BCUT2D eigenvalue weighted by Gasteiger charge is -2.48. The number of piperidine rings is 1. The van der Waals surface area contributed by atoms with Gasteiger partial charge in [-0.3, -0.25) is 19.3 Å². The lowest BCUT2D eigenvalue weighted by Crippen LogP contribution is -2.65. The Labute approximate surface area is 334 Å². The Bertz CT molecular complexity index is 1390. The Balaban J connectivity index is 1.76. The summed E-state index contributed by atoms with van der Waals surface area (Å²) in [6.07, 6.45) is 2.32. The Morgan fingerprint density at radius 3 is 2.21 bits per heavy atom. The fourth-order valence-electron chi connectivity index (χ4n) is 9.55. The number of fused-ring (bicyclic) bond motifs is 3. The zero-order valence-corrected chi connectivity index (χ0v) is 35.2. The van der Waals surface area contributed by atoms with Gasteiger partial charge in [-0.15, -0.1) is 0 Å². The predicted octanol–water partition coefficient (Wildman–Crippen LogP) is 4.26. The molecule has 1 aliphatic carbocycles. The molecule has 0 aromatic carbocycles. The number of esters is 1. The highest BCUT2D eigenvalue weighted by atomic mass is 16.7. The second kappa shape index (κ2) is 20.8. The van der Waals surface area contributed by atoms with E-state index in [2.05, 4.69) is 6.92 Å². The normalized spacial score (nSPS) is 43.2. The summed E-state index contributed by atoms with van der Waals surface area (Å²) < 4.78 is 29.9. The second-order valence-electron chi connectivity index (χ2n) is 17.3. The van der Waals surface area contributed by atoms with Crippen LogP contribution in [-0.4, -0.2) is 132 Å². The topological polar surface area (TPSA) is 182 Å². The van der Waals surface area contributed by atoms with Crippen LogP contribution in [0, 0.1) is 29.6 Å². The van der Waals surface area contributed by atoms with Gasteiger partial charge in [0.25, 0.3) is 0 Å². The van der Waals surface area contributed by atoms with Crippen molar-refractivity contribution in [1.82, 2.24) is 4.90 Å². The number of ketones is 2. The molecule has 4 N–H and O–H groups in total. The Kier molecular flexibility index (Phi) is 17.3. The number of rotatable bonds is 6. The average Bonchev–Trinajstić information content (AvgIpc) is 3.18. The minimum absolute atomic E-state index is 0.0150. The minimum atomic E-state index is -2.40. The summed E-state index contributed by atoms with van der Waals surface area (Å²) in [5.41, 5.74) is 1.69. The van der Waals surface area contributed by atoms with Crippen LogP contribution in [0.15, 0.2) is 23.3 Å². The number of carbonyl (C=O) groups is 3. The van der Waals surface area contributed by atoms with Crippen molar-refractivity contribution in [3.63, 3.8) is 0 Å². The molecule has 0 radical (unpaired) electrons. The number of aliphatic hydroxyl groups excluding tert-OH is 3. The molecule has 3 aliphatic heterocycles. The number of aliphatic hydroxyl groups is 4. The lowest BCUT2D eigenvalue weighted by atomic mass is 9.81. The number of allylic oxidation sites excluding steroid dienone is 3. The smallest absolute Gasteiger partial charge is 0.324 e. The number of ether oxygens (including phenoxy) is 5. The van der Waals surface area contributed by atoms with Crippen LogP contribution >= 0.6 is 0 Å². The molecule has 1 unspecified atom stereocenters. The first kappa shape index (κ1) is 46.6. The summed E-state index contributed by atoms with van der Waals surface area (Å²) in [5, 5.41) is 45.9. The summed E-state index contributed by atoms with van der Waals surface area (Å²) in [6, 6.07) is -1.03. The number of carbonyl (C=O) groups excluding carboxylic acids is 3. The summed E-state index contributed by atoms with van der Waals surface area (Å²) >= 11 is 0. The third-order valence-corrected chi connectivity index (χ3v) is 13.1. The van der Waals surface area contributed by atoms with E-state index in [4.69, 9.17) is 23.7 Å². The van der Waals surface area contributed by atoms with Gasteiger partial charge in [0.15, 0.2) is 6.23 Å². The van der Waals surface area contributed by atoms with Crippen LogP contribution in [0.2, 0.25) is 0 Å². The molecule has 4 rings (SSSR count). The van der Waals surface area contributed by atoms with Gasteiger partial charge < -0.3 is 44.1 Å². The van der Waals surface area contributed by atoms with Crippen molar-refractivity contribution >= 4 is 17.5 Å². The van der Waals surface area contributed by atoms with E-state index in [1.54, 1.807) is 35.2 Å². The van der Waals surface area contributed by atoms with Crippen molar-refractivity contribution in [3.05, 3.63) is 23.3 Å². The van der Waals surface area contributed by atoms with Crippen LogP contribution in [-0.2, 0) is 38.1 Å². The van der Waals surface area contributed by atoms with E-state index >= 15 is 0 Å². The van der Waals surface area contributed by atoms with Crippen LogP contribution in [0.5, 0.6) is 0 Å². The molecule has 13 heteroatoms. The van der Waals surface area contributed by atoms with Crippen molar-refractivity contribution in [1.29, 1.82) is 0 Å². The monoisotopic (exact) mass is 793 g/mol. The van der Waals surface area contributed by atoms with Gasteiger partial charge in [0.1, 0.15) is 24.0 Å². The fourth-order valence-corrected chi connectivity index (χ4v) is 9.55. The molecule has 1 saturated carbocycles. The van der Waals surface area contributed by atoms with Crippen molar-refractivity contribution in [3.8, 4) is 0 Å². The molecular formula is C43H71NO12. The van der Waals surface area contributed by atoms with Gasteiger partial charge in [-0.2, -0.15) is 0 Å². The molecule has 3 heterocycles. The van der Waals surface area contributed by atoms with E-state index in [1.807, 2.05) is 32.9 Å². The van der Waals surface area contributed by atoms with Gasteiger partial charge >= 0.3 is 5.97 Å². The van der Waals surface area contributed by atoms with E-state index in [0.717, 1.165) is 5.57 Å². The molecule has 0 aromatic rings. The first-order valence-corrected chi connectivity index (χ1v) is 20.9. The molecule has 15 atom stereocenters. The largest absolute Gasteiger partial charge is 0.456 e. The van der Waals surface area contributed by atoms with Gasteiger partial charge in [0.05, 0.1) is 30.5 Å². The third kappa shape index (κ3) is 10.9. The summed E-state index contributed by atoms with van der Waals surface area (Å²) in [4.78, 5) is 43.8. The molecule has 0 aromatic heterocycles. The lowest BCUT2D eigenvalue weighted by molar-refractivity contribution is -0.308. The number of Topliss-reactive ketones (excluding diaryl/α,β-unsaturated/α-hetero) is 2. The molecular weight excluding hydrogens is 722 g/mol. The molecule has 0 spiro atoms. The maximum atomic E-state index is 14.3. The zero-order chi connectivity index (χ0) is 41.5. The maximum Gasteiger partial charge on any atom is 0.324 e. The standard InChI is InChI=1S/C43H71NO12/c1-10-30-18-24(2)17-25(3)19-36(53-8)39-37(54-9)21-27(5)43(51,56-39)40(48)41(49)44-16-12-11-13-31(44)42(50)55-38(28(6)33(46)23-34(30)47)26(4)20-29-14-15-32(45)35(22-29)52-7/h18,20,25,27-33,35-39,41,45-46,49,51H,10-17,19,21-23H2,1-9H3/b24-18+,26-20+/t25-,27+,28-,29?,30+,31-,32+,33-,35+,36-,37-,38+,39+,41-,43+/m0/s1. The molecule has 13 nitrogen and oxygen atoms in total. The fraction of sp³-hybridized carbons (Fsp3) is 0.837. The predicted molar refractivity (Wildman–Crippen MR) is 209 cm³/mol. The third-order valence-electron chi connectivity index (χ3n) is 13.1. The summed E-state index contributed by atoms with van der Waals surface area (Å²) in [7, 11) is 4.67. The van der Waals surface area contributed by atoms with Crippen LogP contribution in [0.25, 0.3) is 0 Å². The minimum Gasteiger partial charge on any atom is -0.456 e. The van der Waals surface area contributed by atoms with Crippen LogP contribution in [0.3, 0.4) is 0 Å². The quantitative estimate of drug-likeness (QED) is 0.222. The number of cyclic esters (lactones) is 1. The van der Waals surface area contributed by atoms with Gasteiger partial charge in [-0.25, -0.2) is 0 Å². The molecule has 2 saturated heterocycles. The highest BCUT2D eigenvalue weighted by Crippen LogP contribution is 2.40. The van der Waals surface area contributed by atoms with Crippen molar-refractivity contribution < 1.29 is 58.5 Å². The molecule has 2 bridgehead atoms. The van der Waals surface area contributed by atoms with Crippen molar-refractivity contribution in [2.75, 3.05) is 27.9 Å². The van der Waals surface area contributed by atoms with E-state index in [0.29, 0.717) is 63.4 Å². The highest BCUT2D eigenvalue weighted by molar-refractivity contribution is 5.90. The van der Waals surface area contributed by atoms with Crippen LogP contribution in [0.4, 0.5) is 0 Å². The summed E-state index contributed by atoms with van der Waals surface area (Å²) in [6.45, 7) is 11.5. The van der Waals surface area contributed by atoms with E-state index in [-0.39, 0.29) is 43.1 Å². The van der Waals surface area contributed by atoms with E-state index in [1.165, 1.54) is 4.90 Å². The Hall–Kier alpha value is -2.07. The molecule has 320 valence electrons. The van der Waals surface area contributed by atoms with Crippen LogP contribution in [0.1, 0.15) is 112 Å². The van der Waals surface area contributed by atoms with E-state index < -0.39 is 84.2 Å². The van der Waals surface area contributed by atoms with Gasteiger partial charge in [0, 0.05) is 52.0 Å². The van der Waals surface area contributed by atoms with Crippen molar-refractivity contribution in [2.24, 2.45) is 29.6 Å². The second-order valence-corrected chi connectivity index (χ2v) is 17.3.